The quantitative estimate of drug-likeness (QED) is 0.650. The van der Waals surface area contributed by atoms with Gasteiger partial charge in [-0.1, -0.05) is 0 Å². The minimum absolute atomic E-state index is 0.0476. The maximum atomic E-state index is 11.7. The van der Waals surface area contributed by atoms with Gasteiger partial charge in [-0.25, -0.2) is 0 Å². The normalized spacial score (nSPS) is 14.6. The molecular weight excluding hydrogens is 234 g/mol. The molecule has 2 rings (SSSR count). The van der Waals surface area contributed by atoms with E-state index in [1.807, 2.05) is 4.90 Å². The van der Waals surface area contributed by atoms with E-state index in [2.05, 4.69) is 5.32 Å². The number of nitrogens with zero attached hydrogens (tertiary/aromatic N) is 2. The molecule has 0 atom stereocenters. The van der Waals surface area contributed by atoms with Crippen LogP contribution in [0.15, 0.2) is 24.3 Å². The second-order valence-electron chi connectivity index (χ2n) is 4.25. The predicted molar refractivity (Wildman–Crippen MR) is 67.4 cm³/mol. The van der Waals surface area contributed by atoms with Crippen molar-refractivity contribution in [3.8, 4) is 0 Å². The molecule has 1 amide bonds. The van der Waals surface area contributed by atoms with Crippen LogP contribution in [0.3, 0.4) is 0 Å². The number of hydrogen-bond donors (Lipinski definition) is 1. The molecule has 0 spiro atoms. The number of amides is 1. The molecule has 0 saturated carbocycles. The summed E-state index contributed by atoms with van der Waals surface area (Å²) in [5, 5.41) is 13.5. The minimum atomic E-state index is -0.445. The van der Waals surface area contributed by atoms with Crippen molar-refractivity contribution in [3.05, 3.63) is 34.4 Å². The number of nitrogens with one attached hydrogen (secondary N) is 1. The molecule has 0 unspecified atom stereocenters. The summed E-state index contributed by atoms with van der Waals surface area (Å²) in [5.74, 6) is 0.0749. The smallest absolute Gasteiger partial charge is 0.269 e. The van der Waals surface area contributed by atoms with Crippen LogP contribution in [0.1, 0.15) is 12.8 Å². The van der Waals surface area contributed by atoms with Crippen LogP contribution in [-0.4, -0.2) is 35.4 Å². The summed E-state index contributed by atoms with van der Waals surface area (Å²) in [5.41, 5.74) is 0.763. The van der Waals surface area contributed by atoms with Gasteiger partial charge in [0, 0.05) is 30.9 Å². The molecule has 1 aliphatic heterocycles. The number of anilines is 1. The number of benzene rings is 1. The summed E-state index contributed by atoms with van der Waals surface area (Å²) in [6.07, 6.45) is 2.15. The van der Waals surface area contributed by atoms with E-state index >= 15 is 0 Å². The number of carbonyl (C=O) groups excluding carboxylic acids is 1. The Kier molecular flexibility index (Phi) is 3.76. The second kappa shape index (κ2) is 5.48. The van der Waals surface area contributed by atoms with Gasteiger partial charge in [0.15, 0.2) is 0 Å². The van der Waals surface area contributed by atoms with E-state index in [0.29, 0.717) is 5.69 Å². The van der Waals surface area contributed by atoms with Crippen LogP contribution in [0, 0.1) is 10.1 Å². The summed E-state index contributed by atoms with van der Waals surface area (Å²) in [4.78, 5) is 23.6. The SMILES string of the molecule is O=C(CNc1ccc([N+](=O)[O-])cc1)N1CCCC1. The fourth-order valence-electron chi connectivity index (χ4n) is 1.96. The summed E-state index contributed by atoms with van der Waals surface area (Å²) < 4.78 is 0. The Hall–Kier alpha value is -2.11. The highest BCUT2D eigenvalue weighted by Crippen LogP contribution is 2.15. The Morgan fingerprint density at radius 1 is 1.28 bits per heavy atom. The third-order valence-electron chi connectivity index (χ3n) is 2.98. The first-order valence-corrected chi connectivity index (χ1v) is 5.93. The number of hydrogen-bond acceptors (Lipinski definition) is 4. The molecule has 96 valence electrons. The van der Waals surface area contributed by atoms with Gasteiger partial charge < -0.3 is 10.2 Å². The Morgan fingerprint density at radius 3 is 2.44 bits per heavy atom. The number of rotatable bonds is 4. The van der Waals surface area contributed by atoms with Crippen LogP contribution in [0.2, 0.25) is 0 Å². The van der Waals surface area contributed by atoms with Gasteiger partial charge in [-0.2, -0.15) is 0 Å². The van der Waals surface area contributed by atoms with Crippen molar-refractivity contribution in [3.63, 3.8) is 0 Å². The lowest BCUT2D eigenvalue weighted by atomic mass is 10.3. The molecule has 0 aromatic heterocycles. The summed E-state index contributed by atoms with van der Waals surface area (Å²) in [7, 11) is 0. The van der Waals surface area contributed by atoms with Crippen LogP contribution < -0.4 is 5.32 Å². The molecule has 1 aromatic carbocycles. The molecule has 0 aliphatic carbocycles. The van der Waals surface area contributed by atoms with Crippen molar-refractivity contribution in [2.45, 2.75) is 12.8 Å². The molecule has 18 heavy (non-hydrogen) atoms. The predicted octanol–water partition coefficient (Wildman–Crippen LogP) is 1.63. The van der Waals surface area contributed by atoms with Gasteiger partial charge in [-0.3, -0.25) is 14.9 Å². The highest BCUT2D eigenvalue weighted by Gasteiger charge is 2.17. The van der Waals surface area contributed by atoms with Crippen molar-refractivity contribution in [2.75, 3.05) is 25.0 Å². The molecule has 1 heterocycles. The summed E-state index contributed by atoms with van der Waals surface area (Å²) in [6, 6.07) is 6.05. The van der Waals surface area contributed by atoms with E-state index in [0.717, 1.165) is 25.9 Å². The van der Waals surface area contributed by atoms with E-state index in [4.69, 9.17) is 0 Å². The fraction of sp³-hybridized carbons (Fsp3) is 0.417. The summed E-state index contributed by atoms with van der Waals surface area (Å²) in [6.45, 7) is 1.90. The molecular formula is C12H15N3O3. The van der Waals surface area contributed by atoms with Crippen molar-refractivity contribution in [2.24, 2.45) is 0 Å². The zero-order chi connectivity index (χ0) is 13.0. The lowest BCUT2D eigenvalue weighted by Crippen LogP contribution is -2.32. The molecule has 6 heteroatoms. The van der Waals surface area contributed by atoms with E-state index in [-0.39, 0.29) is 18.1 Å². The molecule has 0 bridgehead atoms. The molecule has 6 nitrogen and oxygen atoms in total. The third kappa shape index (κ3) is 2.97. The van der Waals surface area contributed by atoms with Crippen LogP contribution in [-0.2, 0) is 4.79 Å². The number of nitro groups is 1. The van der Waals surface area contributed by atoms with Gasteiger partial charge in [0.25, 0.3) is 5.69 Å². The van der Waals surface area contributed by atoms with Gasteiger partial charge in [0.05, 0.1) is 11.5 Å². The van der Waals surface area contributed by atoms with E-state index in [1.54, 1.807) is 12.1 Å². The first kappa shape index (κ1) is 12.3. The topological polar surface area (TPSA) is 75.5 Å². The molecule has 1 aromatic rings. The third-order valence-corrected chi connectivity index (χ3v) is 2.98. The monoisotopic (exact) mass is 249 g/mol. The fourth-order valence-corrected chi connectivity index (χ4v) is 1.96. The molecule has 1 N–H and O–H groups in total. The Morgan fingerprint density at radius 2 is 1.89 bits per heavy atom. The largest absolute Gasteiger partial charge is 0.376 e. The van der Waals surface area contributed by atoms with Crippen molar-refractivity contribution in [1.82, 2.24) is 4.90 Å². The Labute approximate surface area is 105 Å². The molecule has 1 saturated heterocycles. The van der Waals surface area contributed by atoms with Crippen molar-refractivity contribution in [1.29, 1.82) is 0 Å². The highest BCUT2D eigenvalue weighted by atomic mass is 16.6. The number of carbonyl (C=O) groups is 1. The summed E-state index contributed by atoms with van der Waals surface area (Å²) >= 11 is 0. The zero-order valence-electron chi connectivity index (χ0n) is 9.96. The van der Waals surface area contributed by atoms with Gasteiger partial charge in [-0.15, -0.1) is 0 Å². The van der Waals surface area contributed by atoms with Crippen molar-refractivity contribution < 1.29 is 9.72 Å². The number of likely N-dealkylation sites (tertiary alicyclic amines) is 1. The maximum absolute atomic E-state index is 11.7. The van der Waals surface area contributed by atoms with E-state index in [9.17, 15) is 14.9 Å². The van der Waals surface area contributed by atoms with E-state index < -0.39 is 4.92 Å². The maximum Gasteiger partial charge on any atom is 0.269 e. The van der Waals surface area contributed by atoms with E-state index in [1.165, 1.54) is 12.1 Å². The first-order valence-electron chi connectivity index (χ1n) is 5.93. The average Bonchev–Trinajstić information content (AvgIpc) is 2.90. The molecule has 1 aliphatic rings. The Bertz CT molecular complexity index is 438. The van der Waals surface area contributed by atoms with Gasteiger partial charge >= 0.3 is 0 Å². The lowest BCUT2D eigenvalue weighted by molar-refractivity contribution is -0.384. The van der Waals surface area contributed by atoms with Crippen LogP contribution in [0.25, 0.3) is 0 Å². The second-order valence-corrected chi connectivity index (χ2v) is 4.25. The van der Waals surface area contributed by atoms with Crippen LogP contribution in [0.5, 0.6) is 0 Å². The minimum Gasteiger partial charge on any atom is -0.376 e. The van der Waals surface area contributed by atoms with Gasteiger partial charge in [0.1, 0.15) is 0 Å². The standard InChI is InChI=1S/C12H15N3O3/c16-12(14-7-1-2-8-14)9-13-10-3-5-11(6-4-10)15(17)18/h3-6,13H,1-2,7-9H2. The number of non-ortho nitro benzene ring substituents is 1. The van der Waals surface area contributed by atoms with Gasteiger partial charge in [-0.05, 0) is 25.0 Å². The van der Waals surface area contributed by atoms with Gasteiger partial charge in [0.2, 0.25) is 5.91 Å². The van der Waals surface area contributed by atoms with Crippen molar-refractivity contribution >= 4 is 17.3 Å². The highest BCUT2D eigenvalue weighted by molar-refractivity contribution is 5.81. The average molecular weight is 249 g/mol. The number of nitro benzene ring substituents is 1. The first-order chi connectivity index (χ1) is 8.66. The molecule has 1 fully saturated rings. The Balaban J connectivity index is 1.86. The lowest BCUT2D eigenvalue weighted by Gasteiger charge is -2.15. The van der Waals surface area contributed by atoms with Crippen LogP contribution in [0.4, 0.5) is 11.4 Å². The van der Waals surface area contributed by atoms with Crippen LogP contribution >= 0.6 is 0 Å². The zero-order valence-corrected chi connectivity index (χ0v) is 9.96. The molecule has 0 radical (unpaired) electrons.